The van der Waals surface area contributed by atoms with Crippen molar-refractivity contribution in [3.05, 3.63) is 111 Å². The molecular formula is C27H26FN3O4. The molecule has 0 unspecified atom stereocenters. The highest BCUT2D eigenvalue weighted by molar-refractivity contribution is 6.11. The van der Waals surface area contributed by atoms with Crippen LogP contribution in [0, 0.1) is 22.9 Å². The number of nitro groups is 1. The first-order valence-corrected chi connectivity index (χ1v) is 11.2. The lowest BCUT2D eigenvalue weighted by molar-refractivity contribution is -0.384. The molecule has 2 amide bonds. The summed E-state index contributed by atoms with van der Waals surface area (Å²) in [5, 5.41) is 16.4. The van der Waals surface area contributed by atoms with Crippen LogP contribution in [0.1, 0.15) is 46.8 Å². The second kappa shape index (κ2) is 11.7. The number of nitro benzene ring substituents is 1. The summed E-state index contributed by atoms with van der Waals surface area (Å²) in [6, 6.07) is 16.7. The Morgan fingerprint density at radius 3 is 2.34 bits per heavy atom. The van der Waals surface area contributed by atoms with E-state index in [4.69, 9.17) is 0 Å². The molecule has 8 heteroatoms. The predicted molar refractivity (Wildman–Crippen MR) is 133 cm³/mol. The Labute approximate surface area is 202 Å². The van der Waals surface area contributed by atoms with E-state index in [-0.39, 0.29) is 17.1 Å². The number of unbranched alkanes of at least 4 members (excludes halogenated alkanes) is 1. The van der Waals surface area contributed by atoms with Crippen LogP contribution in [-0.4, -0.2) is 16.7 Å². The summed E-state index contributed by atoms with van der Waals surface area (Å²) in [5.74, 6) is -1.61. The Kier molecular flexibility index (Phi) is 8.45. The summed E-state index contributed by atoms with van der Waals surface area (Å²) in [6.07, 6.45) is 4.44. The highest BCUT2D eigenvalue weighted by Crippen LogP contribution is 2.22. The molecule has 3 aromatic rings. The lowest BCUT2D eigenvalue weighted by Gasteiger charge is -2.13. The van der Waals surface area contributed by atoms with Crippen LogP contribution in [0.4, 0.5) is 15.8 Å². The summed E-state index contributed by atoms with van der Waals surface area (Å²) in [6.45, 7) is 3.80. The Balaban J connectivity index is 1.87. The van der Waals surface area contributed by atoms with Gasteiger partial charge in [0.2, 0.25) is 0 Å². The molecule has 2 N–H and O–H groups in total. The standard InChI is InChI=1S/C27H26FN3O4/c1-3-4-5-19-7-11-21(12-8-19)26(32)30-25(16-20-9-13-22(28)14-10-20)27(33)29-24-17-23(31(34)35)15-6-18(24)2/h6-17H,3-5H2,1-2H3,(H,29,33)(H,30,32)/b25-16-. The van der Waals surface area contributed by atoms with Crippen molar-refractivity contribution in [2.24, 2.45) is 0 Å². The van der Waals surface area contributed by atoms with Gasteiger partial charge in [0.25, 0.3) is 17.5 Å². The number of aryl methyl sites for hydroxylation is 2. The number of carbonyl (C=O) groups is 2. The van der Waals surface area contributed by atoms with E-state index in [0.717, 1.165) is 24.8 Å². The van der Waals surface area contributed by atoms with Crippen molar-refractivity contribution >= 4 is 29.3 Å². The normalized spacial score (nSPS) is 11.1. The molecule has 0 fully saturated rings. The summed E-state index contributed by atoms with van der Waals surface area (Å²) in [5.41, 5.74) is 2.55. The van der Waals surface area contributed by atoms with Gasteiger partial charge in [-0.1, -0.05) is 43.7 Å². The minimum Gasteiger partial charge on any atom is -0.320 e. The first-order valence-electron chi connectivity index (χ1n) is 11.2. The van der Waals surface area contributed by atoms with Crippen LogP contribution in [0.25, 0.3) is 6.08 Å². The fraction of sp³-hybridized carbons (Fsp3) is 0.185. The second-order valence-electron chi connectivity index (χ2n) is 8.07. The molecule has 3 aromatic carbocycles. The molecule has 0 aliphatic heterocycles. The van der Waals surface area contributed by atoms with Crippen molar-refractivity contribution in [1.82, 2.24) is 5.32 Å². The van der Waals surface area contributed by atoms with E-state index < -0.39 is 22.6 Å². The maximum atomic E-state index is 13.3. The molecule has 0 saturated heterocycles. The van der Waals surface area contributed by atoms with Gasteiger partial charge in [-0.25, -0.2) is 4.39 Å². The van der Waals surface area contributed by atoms with E-state index in [1.54, 1.807) is 19.1 Å². The average molecular weight is 476 g/mol. The number of hydrogen-bond donors (Lipinski definition) is 2. The van der Waals surface area contributed by atoms with Crippen LogP contribution < -0.4 is 10.6 Å². The average Bonchev–Trinajstić information content (AvgIpc) is 2.85. The van der Waals surface area contributed by atoms with Gasteiger partial charge in [-0.2, -0.15) is 0 Å². The molecule has 3 rings (SSSR count). The van der Waals surface area contributed by atoms with Gasteiger partial charge in [0.1, 0.15) is 11.5 Å². The molecular weight excluding hydrogens is 449 g/mol. The molecule has 0 bridgehead atoms. The minimum atomic E-state index is -0.675. The number of nitrogens with one attached hydrogen (secondary N) is 2. The van der Waals surface area contributed by atoms with Crippen molar-refractivity contribution in [2.75, 3.05) is 5.32 Å². The van der Waals surface area contributed by atoms with Gasteiger partial charge in [-0.3, -0.25) is 19.7 Å². The van der Waals surface area contributed by atoms with E-state index in [2.05, 4.69) is 17.6 Å². The van der Waals surface area contributed by atoms with E-state index in [0.29, 0.717) is 16.7 Å². The van der Waals surface area contributed by atoms with Crippen molar-refractivity contribution in [3.8, 4) is 0 Å². The van der Waals surface area contributed by atoms with Gasteiger partial charge in [0.05, 0.1) is 10.6 Å². The number of carbonyl (C=O) groups excluding carboxylic acids is 2. The molecule has 0 aromatic heterocycles. The Bertz CT molecular complexity index is 1250. The predicted octanol–water partition coefficient (Wildman–Crippen LogP) is 5.79. The number of hydrogen-bond acceptors (Lipinski definition) is 4. The van der Waals surface area contributed by atoms with E-state index in [1.165, 1.54) is 48.5 Å². The third-order valence-corrected chi connectivity index (χ3v) is 5.39. The van der Waals surface area contributed by atoms with Crippen LogP contribution in [-0.2, 0) is 11.2 Å². The molecule has 0 saturated carbocycles. The molecule has 180 valence electrons. The van der Waals surface area contributed by atoms with Crippen molar-refractivity contribution < 1.29 is 18.9 Å². The first-order chi connectivity index (χ1) is 16.8. The third-order valence-electron chi connectivity index (χ3n) is 5.39. The first kappa shape index (κ1) is 25.3. The molecule has 7 nitrogen and oxygen atoms in total. The molecule has 0 spiro atoms. The van der Waals surface area contributed by atoms with Gasteiger partial charge in [0.15, 0.2) is 0 Å². The van der Waals surface area contributed by atoms with E-state index in [1.807, 2.05) is 12.1 Å². The highest BCUT2D eigenvalue weighted by atomic mass is 19.1. The maximum absolute atomic E-state index is 13.3. The van der Waals surface area contributed by atoms with Crippen LogP contribution in [0.15, 0.2) is 72.4 Å². The molecule has 0 radical (unpaired) electrons. The summed E-state index contributed by atoms with van der Waals surface area (Å²) in [4.78, 5) is 36.6. The Morgan fingerprint density at radius 2 is 1.71 bits per heavy atom. The molecule has 0 aliphatic carbocycles. The molecule has 0 atom stereocenters. The second-order valence-corrected chi connectivity index (χ2v) is 8.07. The lowest BCUT2D eigenvalue weighted by atomic mass is 10.1. The zero-order chi connectivity index (χ0) is 25.4. The lowest BCUT2D eigenvalue weighted by Crippen LogP contribution is -2.31. The summed E-state index contributed by atoms with van der Waals surface area (Å²) >= 11 is 0. The largest absolute Gasteiger partial charge is 0.320 e. The Morgan fingerprint density at radius 1 is 1.03 bits per heavy atom. The van der Waals surface area contributed by atoms with Gasteiger partial charge in [0, 0.05) is 17.7 Å². The van der Waals surface area contributed by atoms with Crippen LogP contribution in [0.3, 0.4) is 0 Å². The van der Waals surface area contributed by atoms with Crippen LogP contribution >= 0.6 is 0 Å². The van der Waals surface area contributed by atoms with Crippen LogP contribution in [0.5, 0.6) is 0 Å². The number of non-ortho nitro benzene ring substituents is 1. The van der Waals surface area contributed by atoms with E-state index in [9.17, 15) is 24.1 Å². The van der Waals surface area contributed by atoms with Crippen LogP contribution in [0.2, 0.25) is 0 Å². The summed E-state index contributed by atoms with van der Waals surface area (Å²) in [7, 11) is 0. The SMILES string of the molecule is CCCCc1ccc(C(=O)N/C(=C\c2ccc(F)cc2)C(=O)Nc2cc([N+](=O)[O-])ccc2C)cc1. The molecule has 35 heavy (non-hydrogen) atoms. The fourth-order valence-corrected chi connectivity index (χ4v) is 3.33. The maximum Gasteiger partial charge on any atom is 0.272 e. The Hall–Kier alpha value is -4.33. The van der Waals surface area contributed by atoms with E-state index >= 15 is 0 Å². The van der Waals surface area contributed by atoms with Crippen molar-refractivity contribution in [3.63, 3.8) is 0 Å². The quantitative estimate of drug-likeness (QED) is 0.232. The monoisotopic (exact) mass is 475 g/mol. The number of rotatable bonds is 9. The number of halogens is 1. The third kappa shape index (κ3) is 7.07. The van der Waals surface area contributed by atoms with Crippen molar-refractivity contribution in [2.45, 2.75) is 33.1 Å². The number of amides is 2. The smallest absolute Gasteiger partial charge is 0.272 e. The molecule has 0 aliphatic rings. The number of anilines is 1. The highest BCUT2D eigenvalue weighted by Gasteiger charge is 2.17. The zero-order valence-corrected chi connectivity index (χ0v) is 19.5. The van der Waals surface area contributed by atoms with Gasteiger partial charge >= 0.3 is 0 Å². The minimum absolute atomic E-state index is 0.0948. The molecule has 0 heterocycles. The summed E-state index contributed by atoms with van der Waals surface area (Å²) < 4.78 is 13.3. The number of nitrogens with zero attached hydrogens (tertiary/aromatic N) is 1. The van der Waals surface area contributed by atoms with Crippen molar-refractivity contribution in [1.29, 1.82) is 0 Å². The van der Waals surface area contributed by atoms with Gasteiger partial charge in [-0.15, -0.1) is 0 Å². The number of benzene rings is 3. The van der Waals surface area contributed by atoms with Gasteiger partial charge < -0.3 is 10.6 Å². The topological polar surface area (TPSA) is 101 Å². The zero-order valence-electron chi connectivity index (χ0n) is 19.5. The van der Waals surface area contributed by atoms with Gasteiger partial charge in [-0.05, 0) is 66.8 Å². The fourth-order valence-electron chi connectivity index (χ4n) is 3.33.